The Morgan fingerprint density at radius 1 is 1.43 bits per heavy atom. The molecule has 3 rings (SSSR count). The molecule has 114 valence electrons. The lowest BCUT2D eigenvalue weighted by molar-refractivity contribution is -0.135. The van der Waals surface area contributed by atoms with Crippen LogP contribution in [0.25, 0.3) is 0 Å². The third kappa shape index (κ3) is 3.11. The van der Waals surface area contributed by atoms with E-state index in [2.05, 4.69) is 23.5 Å². The molecule has 0 aromatic heterocycles. The van der Waals surface area contributed by atoms with Gasteiger partial charge in [-0.3, -0.25) is 4.79 Å². The van der Waals surface area contributed by atoms with Crippen LogP contribution in [-0.2, 0) is 16.0 Å². The molecule has 1 saturated heterocycles. The van der Waals surface area contributed by atoms with Gasteiger partial charge in [-0.15, -0.1) is 0 Å². The number of carbonyl (C=O) groups is 1. The molecule has 2 atom stereocenters. The fraction of sp³-hybridized carbons (Fsp3) is 0.588. The van der Waals surface area contributed by atoms with Crippen molar-refractivity contribution in [1.29, 1.82) is 0 Å². The number of likely N-dealkylation sites (N-methyl/N-ethyl adjacent to an activating group) is 1. The number of amides is 1. The molecule has 0 bridgehead atoms. The molecule has 4 heteroatoms. The Hall–Kier alpha value is -1.39. The fourth-order valence-electron chi connectivity index (χ4n) is 3.53. The van der Waals surface area contributed by atoms with Crippen molar-refractivity contribution in [3.05, 3.63) is 35.4 Å². The number of nitrogens with one attached hydrogen (secondary N) is 1. The van der Waals surface area contributed by atoms with E-state index in [1.165, 1.54) is 11.1 Å². The largest absolute Gasteiger partial charge is 0.373 e. The van der Waals surface area contributed by atoms with Crippen molar-refractivity contribution >= 4 is 5.91 Å². The molecule has 2 aliphatic heterocycles. The Morgan fingerprint density at radius 3 is 3.14 bits per heavy atom. The molecule has 2 aliphatic rings. The van der Waals surface area contributed by atoms with E-state index in [9.17, 15) is 4.79 Å². The van der Waals surface area contributed by atoms with Crippen molar-refractivity contribution in [2.24, 2.45) is 0 Å². The molecule has 0 spiro atoms. The van der Waals surface area contributed by atoms with Gasteiger partial charge in [0.2, 0.25) is 5.91 Å². The summed E-state index contributed by atoms with van der Waals surface area (Å²) in [6.07, 6.45) is 3.57. The molecule has 1 aromatic carbocycles. The Kier molecular flexibility index (Phi) is 4.56. The normalized spacial score (nSPS) is 24.9. The first kappa shape index (κ1) is 14.5. The maximum absolute atomic E-state index is 12.6. The summed E-state index contributed by atoms with van der Waals surface area (Å²) in [5.41, 5.74) is 2.52. The highest BCUT2D eigenvalue weighted by Gasteiger charge is 2.31. The van der Waals surface area contributed by atoms with E-state index in [-0.39, 0.29) is 12.0 Å². The Labute approximate surface area is 126 Å². The average Bonchev–Trinajstić information content (AvgIpc) is 2.96. The zero-order valence-corrected chi connectivity index (χ0v) is 12.7. The summed E-state index contributed by atoms with van der Waals surface area (Å²) in [4.78, 5) is 14.7. The van der Waals surface area contributed by atoms with Crippen LogP contribution >= 0.6 is 0 Å². The van der Waals surface area contributed by atoms with Gasteiger partial charge in [-0.2, -0.15) is 0 Å². The Bertz CT molecular complexity index is 503. The molecule has 0 unspecified atom stereocenters. The summed E-state index contributed by atoms with van der Waals surface area (Å²) in [5, 5.41) is 3.19. The van der Waals surface area contributed by atoms with Crippen molar-refractivity contribution < 1.29 is 9.53 Å². The van der Waals surface area contributed by atoms with Crippen LogP contribution in [0.1, 0.15) is 36.5 Å². The highest BCUT2D eigenvalue weighted by atomic mass is 16.5. The van der Waals surface area contributed by atoms with E-state index in [0.29, 0.717) is 12.5 Å². The first-order chi connectivity index (χ1) is 10.3. The standard InChI is InChI=1S/C17H24N2O2/c1-18-12-14-6-4-9-19(14)17(20)11-16-15-7-3-2-5-13(15)8-10-21-16/h2-3,5,7,14,16,18H,4,6,8-12H2,1H3/t14-,16+/m0/s1. The van der Waals surface area contributed by atoms with Crippen molar-refractivity contribution in [3.8, 4) is 0 Å². The van der Waals surface area contributed by atoms with Gasteiger partial charge in [0.15, 0.2) is 0 Å². The van der Waals surface area contributed by atoms with Gasteiger partial charge in [0.25, 0.3) is 0 Å². The molecule has 1 N–H and O–H groups in total. The number of hydrogen-bond donors (Lipinski definition) is 1. The third-order valence-electron chi connectivity index (χ3n) is 4.59. The molecule has 21 heavy (non-hydrogen) atoms. The first-order valence-electron chi connectivity index (χ1n) is 7.93. The lowest BCUT2D eigenvalue weighted by atomic mass is 9.95. The number of fused-ring (bicyclic) bond motifs is 1. The monoisotopic (exact) mass is 288 g/mol. The van der Waals surface area contributed by atoms with Gasteiger partial charge >= 0.3 is 0 Å². The van der Waals surface area contributed by atoms with Gasteiger partial charge in [0, 0.05) is 19.1 Å². The van der Waals surface area contributed by atoms with Crippen LogP contribution in [0.3, 0.4) is 0 Å². The van der Waals surface area contributed by atoms with Crippen LogP contribution in [0.2, 0.25) is 0 Å². The third-order valence-corrected chi connectivity index (χ3v) is 4.59. The minimum atomic E-state index is -0.0710. The topological polar surface area (TPSA) is 41.6 Å². The molecule has 0 aliphatic carbocycles. The minimum Gasteiger partial charge on any atom is -0.373 e. The van der Waals surface area contributed by atoms with Crippen molar-refractivity contribution in [1.82, 2.24) is 10.2 Å². The Balaban J connectivity index is 1.68. The number of carbonyl (C=O) groups excluding carboxylic acids is 1. The van der Waals surface area contributed by atoms with Gasteiger partial charge in [-0.25, -0.2) is 0 Å². The van der Waals surface area contributed by atoms with Gasteiger partial charge in [-0.1, -0.05) is 24.3 Å². The number of likely N-dealkylation sites (tertiary alicyclic amines) is 1. The second-order valence-electron chi connectivity index (χ2n) is 5.95. The molecule has 1 aromatic rings. The van der Waals surface area contributed by atoms with Crippen LogP contribution in [0.5, 0.6) is 0 Å². The molecular formula is C17H24N2O2. The van der Waals surface area contributed by atoms with Gasteiger partial charge < -0.3 is 15.0 Å². The molecule has 0 saturated carbocycles. The minimum absolute atomic E-state index is 0.0710. The van der Waals surface area contributed by atoms with E-state index >= 15 is 0 Å². The summed E-state index contributed by atoms with van der Waals surface area (Å²) in [5.74, 6) is 0.231. The molecule has 4 nitrogen and oxygen atoms in total. The molecule has 2 heterocycles. The number of ether oxygens (including phenoxy) is 1. The van der Waals surface area contributed by atoms with Crippen LogP contribution in [0, 0.1) is 0 Å². The number of hydrogen-bond acceptors (Lipinski definition) is 3. The number of rotatable bonds is 4. The van der Waals surface area contributed by atoms with E-state index in [1.807, 2.05) is 18.0 Å². The quantitative estimate of drug-likeness (QED) is 0.920. The molecule has 1 amide bonds. The summed E-state index contributed by atoms with van der Waals surface area (Å²) in [6.45, 7) is 2.49. The lowest BCUT2D eigenvalue weighted by Gasteiger charge is -2.29. The van der Waals surface area contributed by atoms with E-state index in [1.54, 1.807) is 0 Å². The number of benzene rings is 1. The molecular weight excluding hydrogens is 264 g/mol. The summed E-state index contributed by atoms with van der Waals surface area (Å²) < 4.78 is 5.87. The first-order valence-corrected chi connectivity index (χ1v) is 7.93. The second kappa shape index (κ2) is 6.58. The summed E-state index contributed by atoms with van der Waals surface area (Å²) >= 11 is 0. The van der Waals surface area contributed by atoms with E-state index < -0.39 is 0 Å². The Morgan fingerprint density at radius 2 is 2.29 bits per heavy atom. The second-order valence-corrected chi connectivity index (χ2v) is 5.95. The van der Waals surface area contributed by atoms with Gasteiger partial charge in [-0.05, 0) is 37.4 Å². The maximum Gasteiger partial charge on any atom is 0.225 e. The maximum atomic E-state index is 12.6. The molecule has 1 fully saturated rings. The van der Waals surface area contributed by atoms with Crippen LogP contribution in [0.4, 0.5) is 0 Å². The summed E-state index contributed by atoms with van der Waals surface area (Å²) in [7, 11) is 1.95. The van der Waals surface area contributed by atoms with Crippen molar-refractivity contribution in [3.63, 3.8) is 0 Å². The highest BCUT2D eigenvalue weighted by molar-refractivity contribution is 5.77. The smallest absolute Gasteiger partial charge is 0.225 e. The van der Waals surface area contributed by atoms with E-state index in [4.69, 9.17) is 4.74 Å². The van der Waals surface area contributed by atoms with Crippen LogP contribution < -0.4 is 5.32 Å². The van der Waals surface area contributed by atoms with Crippen LogP contribution in [0.15, 0.2) is 24.3 Å². The van der Waals surface area contributed by atoms with Crippen LogP contribution in [-0.4, -0.2) is 43.6 Å². The highest BCUT2D eigenvalue weighted by Crippen LogP contribution is 2.31. The summed E-state index contributed by atoms with van der Waals surface area (Å²) in [6, 6.07) is 8.69. The number of nitrogens with zero attached hydrogens (tertiary/aromatic N) is 1. The lowest BCUT2D eigenvalue weighted by Crippen LogP contribution is -2.41. The zero-order chi connectivity index (χ0) is 14.7. The molecule has 0 radical (unpaired) electrons. The SMILES string of the molecule is CNC[C@@H]1CCCN1C(=O)C[C@H]1OCCc2ccccc21. The van der Waals surface area contributed by atoms with Gasteiger partial charge in [0.1, 0.15) is 0 Å². The predicted octanol–water partition coefficient (Wildman–Crippen LogP) is 1.90. The van der Waals surface area contributed by atoms with Crippen molar-refractivity contribution in [2.45, 2.75) is 37.8 Å². The predicted molar refractivity (Wildman–Crippen MR) is 82.1 cm³/mol. The zero-order valence-electron chi connectivity index (χ0n) is 12.7. The average molecular weight is 288 g/mol. The van der Waals surface area contributed by atoms with E-state index in [0.717, 1.165) is 39.0 Å². The van der Waals surface area contributed by atoms with Crippen molar-refractivity contribution in [2.75, 3.05) is 26.7 Å². The van der Waals surface area contributed by atoms with Gasteiger partial charge in [0.05, 0.1) is 19.1 Å². The fourth-order valence-corrected chi connectivity index (χ4v) is 3.53.